The third-order valence-corrected chi connectivity index (χ3v) is 3.87. The molecular formula is C14H18Cl3NO. The Morgan fingerprint density at radius 3 is 2.58 bits per heavy atom. The molecule has 0 heterocycles. The van der Waals surface area contributed by atoms with Crippen molar-refractivity contribution < 1.29 is 4.74 Å². The van der Waals surface area contributed by atoms with Crippen LogP contribution in [0.3, 0.4) is 0 Å². The third kappa shape index (κ3) is 5.33. The van der Waals surface area contributed by atoms with Crippen LogP contribution in [0.25, 0.3) is 6.08 Å². The molecule has 1 rings (SSSR count). The summed E-state index contributed by atoms with van der Waals surface area (Å²) in [5, 5.41) is 4.92. The largest absolute Gasteiger partial charge is 0.383 e. The van der Waals surface area contributed by atoms with Crippen molar-refractivity contribution in [3.05, 3.63) is 38.3 Å². The van der Waals surface area contributed by atoms with Crippen molar-refractivity contribution in [2.45, 2.75) is 13.3 Å². The molecule has 0 spiro atoms. The molecule has 106 valence electrons. The fraction of sp³-hybridized carbons (Fsp3) is 0.429. The van der Waals surface area contributed by atoms with Crippen LogP contribution in [0.1, 0.15) is 18.9 Å². The second-order valence-electron chi connectivity index (χ2n) is 4.08. The van der Waals surface area contributed by atoms with Crippen molar-refractivity contribution in [2.24, 2.45) is 0 Å². The lowest BCUT2D eigenvalue weighted by atomic mass is 10.1. The average molecular weight is 323 g/mol. The first kappa shape index (κ1) is 16.8. The Bertz CT molecular complexity index is 447. The van der Waals surface area contributed by atoms with Crippen LogP contribution in [0.5, 0.6) is 0 Å². The van der Waals surface area contributed by atoms with Crippen molar-refractivity contribution in [3.8, 4) is 0 Å². The van der Waals surface area contributed by atoms with Gasteiger partial charge in [0, 0.05) is 30.8 Å². The van der Waals surface area contributed by atoms with Gasteiger partial charge in [-0.15, -0.1) is 0 Å². The fourth-order valence-electron chi connectivity index (χ4n) is 1.58. The van der Waals surface area contributed by atoms with Crippen molar-refractivity contribution in [3.63, 3.8) is 0 Å². The van der Waals surface area contributed by atoms with Gasteiger partial charge in [-0.25, -0.2) is 0 Å². The predicted octanol–water partition coefficient (Wildman–Crippen LogP) is 4.68. The van der Waals surface area contributed by atoms with Crippen molar-refractivity contribution in [2.75, 3.05) is 26.8 Å². The van der Waals surface area contributed by atoms with E-state index in [0.29, 0.717) is 21.7 Å². The van der Waals surface area contributed by atoms with Crippen molar-refractivity contribution in [1.29, 1.82) is 0 Å². The lowest BCUT2D eigenvalue weighted by molar-refractivity contribution is 0.200. The van der Waals surface area contributed by atoms with Crippen LogP contribution in [0.4, 0.5) is 0 Å². The molecule has 1 aromatic carbocycles. The molecule has 19 heavy (non-hydrogen) atoms. The number of rotatable bonds is 7. The topological polar surface area (TPSA) is 21.3 Å². The van der Waals surface area contributed by atoms with Crippen LogP contribution in [0, 0.1) is 0 Å². The summed E-state index contributed by atoms with van der Waals surface area (Å²) >= 11 is 18.3. The monoisotopic (exact) mass is 321 g/mol. The van der Waals surface area contributed by atoms with Gasteiger partial charge in [0.25, 0.3) is 0 Å². The van der Waals surface area contributed by atoms with Gasteiger partial charge < -0.3 is 10.1 Å². The third-order valence-electron chi connectivity index (χ3n) is 2.72. The molecular weight excluding hydrogens is 305 g/mol. The van der Waals surface area contributed by atoms with E-state index in [4.69, 9.17) is 39.5 Å². The molecule has 0 aliphatic heterocycles. The summed E-state index contributed by atoms with van der Waals surface area (Å²) in [4.78, 5) is 0. The SMILES string of the molecule is CC/C(=C/c1c(Cl)ccc(Cl)c1Cl)CNCCOC. The van der Waals surface area contributed by atoms with E-state index in [-0.39, 0.29) is 0 Å². The van der Waals surface area contributed by atoms with Crippen LogP contribution in [0.15, 0.2) is 17.7 Å². The van der Waals surface area contributed by atoms with Crippen LogP contribution >= 0.6 is 34.8 Å². The van der Waals surface area contributed by atoms with Crippen molar-refractivity contribution >= 4 is 40.9 Å². The maximum Gasteiger partial charge on any atom is 0.0679 e. The zero-order valence-electron chi connectivity index (χ0n) is 11.1. The molecule has 0 fully saturated rings. The molecule has 0 saturated heterocycles. The highest BCUT2D eigenvalue weighted by molar-refractivity contribution is 6.44. The van der Waals surface area contributed by atoms with E-state index in [9.17, 15) is 0 Å². The second kappa shape index (κ2) is 8.83. The molecule has 2 nitrogen and oxygen atoms in total. The molecule has 0 unspecified atom stereocenters. The number of nitrogens with one attached hydrogen (secondary N) is 1. The first-order valence-electron chi connectivity index (χ1n) is 6.12. The minimum atomic E-state index is 0.497. The van der Waals surface area contributed by atoms with Gasteiger partial charge in [-0.2, -0.15) is 0 Å². The quantitative estimate of drug-likeness (QED) is 0.581. The van der Waals surface area contributed by atoms with Gasteiger partial charge in [0.2, 0.25) is 0 Å². The van der Waals surface area contributed by atoms with Gasteiger partial charge in [0.15, 0.2) is 0 Å². The lowest BCUT2D eigenvalue weighted by Crippen LogP contribution is -2.21. The molecule has 0 saturated carbocycles. The normalized spacial score (nSPS) is 11.9. The highest BCUT2D eigenvalue weighted by Gasteiger charge is 2.08. The summed E-state index contributed by atoms with van der Waals surface area (Å²) < 4.78 is 4.99. The van der Waals surface area contributed by atoms with E-state index in [1.54, 1.807) is 19.2 Å². The lowest BCUT2D eigenvalue weighted by Gasteiger charge is -2.09. The zero-order chi connectivity index (χ0) is 14.3. The van der Waals surface area contributed by atoms with Crippen LogP contribution in [0.2, 0.25) is 15.1 Å². The van der Waals surface area contributed by atoms with Gasteiger partial charge in [-0.3, -0.25) is 0 Å². The number of halogens is 3. The molecule has 0 atom stereocenters. The van der Waals surface area contributed by atoms with Gasteiger partial charge in [-0.05, 0) is 18.6 Å². The maximum atomic E-state index is 6.18. The number of benzene rings is 1. The smallest absolute Gasteiger partial charge is 0.0679 e. The van der Waals surface area contributed by atoms with Gasteiger partial charge in [0.1, 0.15) is 0 Å². The Morgan fingerprint density at radius 2 is 1.95 bits per heavy atom. The highest BCUT2D eigenvalue weighted by atomic mass is 35.5. The van der Waals surface area contributed by atoms with Crippen LogP contribution in [-0.4, -0.2) is 26.8 Å². The summed E-state index contributed by atoms with van der Waals surface area (Å²) in [5.41, 5.74) is 1.99. The average Bonchev–Trinajstić information content (AvgIpc) is 2.41. The Kier molecular flexibility index (Phi) is 7.81. The first-order valence-corrected chi connectivity index (χ1v) is 7.26. The molecule has 0 amide bonds. The summed E-state index contributed by atoms with van der Waals surface area (Å²) in [7, 11) is 1.68. The predicted molar refractivity (Wildman–Crippen MR) is 84.5 cm³/mol. The van der Waals surface area contributed by atoms with Crippen molar-refractivity contribution in [1.82, 2.24) is 5.32 Å². The zero-order valence-corrected chi connectivity index (χ0v) is 13.4. The fourth-order valence-corrected chi connectivity index (χ4v) is 2.23. The Balaban J connectivity index is 2.83. The van der Waals surface area contributed by atoms with Gasteiger partial charge in [0.05, 0.1) is 16.7 Å². The van der Waals surface area contributed by atoms with E-state index >= 15 is 0 Å². The Morgan fingerprint density at radius 1 is 1.26 bits per heavy atom. The summed E-state index contributed by atoms with van der Waals surface area (Å²) in [6.45, 7) is 4.37. The molecule has 0 bridgehead atoms. The molecule has 0 aliphatic rings. The van der Waals surface area contributed by atoms with Gasteiger partial charge in [-0.1, -0.05) is 53.4 Å². The highest BCUT2D eigenvalue weighted by Crippen LogP contribution is 2.33. The van der Waals surface area contributed by atoms with Crippen LogP contribution in [-0.2, 0) is 4.74 Å². The van der Waals surface area contributed by atoms with E-state index < -0.39 is 0 Å². The second-order valence-corrected chi connectivity index (χ2v) is 5.27. The Hall–Kier alpha value is -0.250. The molecule has 5 heteroatoms. The van der Waals surface area contributed by atoms with Crippen LogP contribution < -0.4 is 5.32 Å². The first-order chi connectivity index (χ1) is 9.10. The molecule has 0 aliphatic carbocycles. The van der Waals surface area contributed by atoms with E-state index in [0.717, 1.165) is 25.1 Å². The number of hydrogen-bond acceptors (Lipinski definition) is 2. The summed E-state index contributed by atoms with van der Waals surface area (Å²) in [6.07, 6.45) is 2.91. The number of methoxy groups -OCH3 is 1. The van der Waals surface area contributed by atoms with E-state index in [1.165, 1.54) is 5.57 Å². The van der Waals surface area contributed by atoms with E-state index in [1.807, 2.05) is 6.08 Å². The number of ether oxygens (including phenoxy) is 1. The minimum Gasteiger partial charge on any atom is -0.383 e. The standard InChI is InChI=1S/C14H18Cl3NO/c1-3-10(9-18-6-7-19-2)8-11-12(15)4-5-13(16)14(11)17/h4-5,8,18H,3,6-7,9H2,1-2H3/b10-8-. The molecule has 0 radical (unpaired) electrons. The molecule has 1 N–H and O–H groups in total. The minimum absolute atomic E-state index is 0.497. The maximum absolute atomic E-state index is 6.18. The molecule has 1 aromatic rings. The number of hydrogen-bond donors (Lipinski definition) is 1. The van der Waals surface area contributed by atoms with Gasteiger partial charge >= 0.3 is 0 Å². The summed E-state index contributed by atoms with van der Waals surface area (Å²) in [5.74, 6) is 0. The Labute approximate surface area is 129 Å². The summed E-state index contributed by atoms with van der Waals surface area (Å²) in [6, 6.07) is 3.46. The van der Waals surface area contributed by atoms with E-state index in [2.05, 4.69) is 12.2 Å². The molecule has 0 aromatic heterocycles.